The Balaban J connectivity index is 1.41. The molecule has 5 rings (SSSR count). The molecule has 0 amide bonds. The summed E-state index contributed by atoms with van der Waals surface area (Å²) >= 11 is 6.07. The van der Waals surface area contributed by atoms with Crippen LogP contribution in [-0.2, 0) is 0 Å². The van der Waals surface area contributed by atoms with Gasteiger partial charge in [0.1, 0.15) is 0 Å². The third kappa shape index (κ3) is 5.47. The molecular weight excluding hydrogens is 486 g/mol. The smallest absolute Gasteiger partial charge is 0.336 e. The second-order valence-corrected chi connectivity index (χ2v) is 9.60. The van der Waals surface area contributed by atoms with Gasteiger partial charge >= 0.3 is 5.97 Å². The van der Waals surface area contributed by atoms with Crippen LogP contribution in [0, 0.1) is 5.92 Å². The Morgan fingerprint density at radius 3 is 1.86 bits per heavy atom. The summed E-state index contributed by atoms with van der Waals surface area (Å²) < 4.78 is 0. The fraction of sp³-hybridized carbons (Fsp3) is 0.129. The fourth-order valence-corrected chi connectivity index (χ4v) is 4.43. The standard InChI is InChI=1S/C31H24ClNO4/c32-24-11-15-26(16-12-24)33(19-20-6-7-20)25-13-8-22(9-14-25)29(34)23-10-17-27(28(18-23)31(36)37)30(35)21-4-2-1-3-5-21/h1-5,8-18,20H,6-7,19H2,(H,36,37). The second-order valence-electron chi connectivity index (χ2n) is 9.17. The summed E-state index contributed by atoms with van der Waals surface area (Å²) in [6, 6.07) is 27.7. The summed E-state index contributed by atoms with van der Waals surface area (Å²) in [5, 5.41) is 10.4. The summed E-state index contributed by atoms with van der Waals surface area (Å²) in [7, 11) is 0. The van der Waals surface area contributed by atoms with Crippen LogP contribution >= 0.6 is 11.6 Å². The number of hydrogen-bond donors (Lipinski definition) is 1. The minimum atomic E-state index is -1.26. The number of ketones is 2. The van der Waals surface area contributed by atoms with Crippen LogP contribution in [0.1, 0.15) is 55.0 Å². The topological polar surface area (TPSA) is 74.7 Å². The maximum Gasteiger partial charge on any atom is 0.336 e. The lowest BCUT2D eigenvalue weighted by molar-refractivity contribution is 0.0692. The monoisotopic (exact) mass is 509 g/mol. The lowest BCUT2D eigenvalue weighted by atomic mass is 9.94. The maximum absolute atomic E-state index is 13.2. The summed E-state index contributed by atoms with van der Waals surface area (Å²) in [6.07, 6.45) is 2.41. The SMILES string of the molecule is O=C(c1ccc(N(CC2CC2)c2ccc(Cl)cc2)cc1)c1ccc(C(=O)c2ccccc2)c(C(=O)O)c1. The molecule has 0 saturated heterocycles. The number of anilines is 2. The van der Waals surface area contributed by atoms with E-state index < -0.39 is 11.8 Å². The molecule has 1 fully saturated rings. The van der Waals surface area contributed by atoms with E-state index in [9.17, 15) is 19.5 Å². The van der Waals surface area contributed by atoms with Gasteiger partial charge in [-0.2, -0.15) is 0 Å². The highest BCUT2D eigenvalue weighted by molar-refractivity contribution is 6.30. The van der Waals surface area contributed by atoms with Gasteiger partial charge in [0.2, 0.25) is 0 Å². The van der Waals surface area contributed by atoms with E-state index in [-0.39, 0.29) is 22.5 Å². The molecule has 0 heterocycles. The number of hydrogen-bond acceptors (Lipinski definition) is 4. The normalized spacial score (nSPS) is 12.7. The number of carbonyl (C=O) groups excluding carboxylic acids is 2. The molecule has 0 unspecified atom stereocenters. The third-order valence-corrected chi connectivity index (χ3v) is 6.76. The average Bonchev–Trinajstić information content (AvgIpc) is 3.76. The van der Waals surface area contributed by atoms with E-state index in [1.165, 1.54) is 31.0 Å². The van der Waals surface area contributed by atoms with Crippen molar-refractivity contribution in [1.82, 2.24) is 0 Å². The molecule has 0 aromatic heterocycles. The molecular formula is C31H24ClNO4. The van der Waals surface area contributed by atoms with Crippen molar-refractivity contribution in [1.29, 1.82) is 0 Å². The molecule has 4 aromatic carbocycles. The zero-order valence-electron chi connectivity index (χ0n) is 19.9. The summed E-state index contributed by atoms with van der Waals surface area (Å²) in [4.78, 5) is 40.3. The van der Waals surface area contributed by atoms with Crippen molar-refractivity contribution in [3.63, 3.8) is 0 Å². The number of carboxylic acid groups (broad SMARTS) is 1. The largest absolute Gasteiger partial charge is 0.478 e. The van der Waals surface area contributed by atoms with E-state index in [1.54, 1.807) is 42.5 Å². The highest BCUT2D eigenvalue weighted by Gasteiger charge is 2.26. The average molecular weight is 510 g/mol. The molecule has 0 aliphatic heterocycles. The molecule has 184 valence electrons. The number of nitrogens with zero attached hydrogens (tertiary/aromatic N) is 1. The number of rotatable bonds is 9. The van der Waals surface area contributed by atoms with Gasteiger partial charge in [0.05, 0.1) is 5.56 Å². The van der Waals surface area contributed by atoms with E-state index in [2.05, 4.69) is 4.90 Å². The second kappa shape index (κ2) is 10.4. The Morgan fingerprint density at radius 2 is 1.27 bits per heavy atom. The Hall–Kier alpha value is -4.22. The molecule has 1 saturated carbocycles. The van der Waals surface area contributed by atoms with Crippen molar-refractivity contribution in [3.05, 3.63) is 130 Å². The van der Waals surface area contributed by atoms with Crippen LogP contribution in [0.3, 0.4) is 0 Å². The van der Waals surface area contributed by atoms with Crippen molar-refractivity contribution in [2.24, 2.45) is 5.92 Å². The van der Waals surface area contributed by atoms with Gasteiger partial charge in [-0.05, 0) is 79.4 Å². The molecule has 5 nitrogen and oxygen atoms in total. The van der Waals surface area contributed by atoms with Gasteiger partial charge in [0, 0.05) is 45.2 Å². The van der Waals surface area contributed by atoms with Crippen LogP contribution in [0.15, 0.2) is 97.1 Å². The molecule has 0 radical (unpaired) electrons. The van der Waals surface area contributed by atoms with Gasteiger partial charge in [0.25, 0.3) is 0 Å². The zero-order chi connectivity index (χ0) is 25.9. The molecule has 1 N–H and O–H groups in total. The number of carboxylic acids is 1. The highest BCUT2D eigenvalue weighted by atomic mass is 35.5. The number of aromatic carboxylic acids is 1. The number of carbonyl (C=O) groups is 3. The first kappa shape index (κ1) is 24.5. The van der Waals surface area contributed by atoms with Crippen LogP contribution in [0.4, 0.5) is 11.4 Å². The van der Waals surface area contributed by atoms with E-state index in [1.807, 2.05) is 36.4 Å². The Labute approximate surface area is 219 Å². The first-order valence-electron chi connectivity index (χ1n) is 12.1. The lowest BCUT2D eigenvalue weighted by Crippen LogP contribution is -2.20. The van der Waals surface area contributed by atoms with E-state index >= 15 is 0 Å². The van der Waals surface area contributed by atoms with Gasteiger partial charge in [0.15, 0.2) is 11.6 Å². The molecule has 6 heteroatoms. The Kier molecular flexibility index (Phi) is 6.89. The predicted molar refractivity (Wildman–Crippen MR) is 144 cm³/mol. The predicted octanol–water partition coefficient (Wildman–Crippen LogP) is 7.05. The summed E-state index contributed by atoms with van der Waals surface area (Å²) in [5.41, 5.74) is 2.86. The first-order chi connectivity index (χ1) is 17.9. The van der Waals surface area contributed by atoms with Crippen molar-refractivity contribution in [2.75, 3.05) is 11.4 Å². The Morgan fingerprint density at radius 1 is 0.703 bits per heavy atom. The summed E-state index contributed by atoms with van der Waals surface area (Å²) in [6.45, 7) is 0.883. The van der Waals surface area contributed by atoms with Gasteiger partial charge < -0.3 is 10.0 Å². The first-order valence-corrected chi connectivity index (χ1v) is 12.4. The number of halogens is 1. The van der Waals surface area contributed by atoms with Crippen molar-refractivity contribution >= 4 is 40.5 Å². The van der Waals surface area contributed by atoms with E-state index in [0.717, 1.165) is 17.9 Å². The van der Waals surface area contributed by atoms with Crippen molar-refractivity contribution in [3.8, 4) is 0 Å². The lowest BCUT2D eigenvalue weighted by Gasteiger charge is -2.25. The van der Waals surface area contributed by atoms with Gasteiger partial charge in [-0.1, -0.05) is 48.0 Å². The van der Waals surface area contributed by atoms with Crippen LogP contribution in [-0.4, -0.2) is 29.2 Å². The van der Waals surface area contributed by atoms with Crippen molar-refractivity contribution < 1.29 is 19.5 Å². The van der Waals surface area contributed by atoms with Crippen LogP contribution in [0.25, 0.3) is 0 Å². The third-order valence-electron chi connectivity index (χ3n) is 6.51. The van der Waals surface area contributed by atoms with Gasteiger partial charge in [-0.15, -0.1) is 0 Å². The van der Waals surface area contributed by atoms with Crippen molar-refractivity contribution in [2.45, 2.75) is 12.8 Å². The minimum absolute atomic E-state index is 0.0456. The molecule has 0 atom stereocenters. The van der Waals surface area contributed by atoms with Crippen LogP contribution in [0.2, 0.25) is 5.02 Å². The van der Waals surface area contributed by atoms with Crippen LogP contribution in [0.5, 0.6) is 0 Å². The van der Waals surface area contributed by atoms with Crippen LogP contribution < -0.4 is 4.90 Å². The molecule has 1 aliphatic carbocycles. The zero-order valence-corrected chi connectivity index (χ0v) is 20.7. The highest BCUT2D eigenvalue weighted by Crippen LogP contribution is 2.35. The molecule has 0 spiro atoms. The Bertz CT molecular complexity index is 1460. The van der Waals surface area contributed by atoms with E-state index in [4.69, 9.17) is 11.6 Å². The minimum Gasteiger partial charge on any atom is -0.478 e. The maximum atomic E-state index is 13.2. The van der Waals surface area contributed by atoms with E-state index in [0.29, 0.717) is 22.1 Å². The fourth-order valence-electron chi connectivity index (χ4n) is 4.30. The summed E-state index contributed by atoms with van der Waals surface area (Å²) in [5.74, 6) is -1.33. The molecule has 4 aromatic rings. The van der Waals surface area contributed by atoms with Gasteiger partial charge in [-0.3, -0.25) is 9.59 Å². The van der Waals surface area contributed by atoms with Gasteiger partial charge in [-0.25, -0.2) is 4.79 Å². The quantitative estimate of drug-likeness (QED) is 0.245. The molecule has 1 aliphatic rings. The number of benzene rings is 4. The molecule has 37 heavy (non-hydrogen) atoms. The molecule has 0 bridgehead atoms.